The molecule has 2 aliphatic rings. The number of fused-ring (bicyclic) bond motifs is 1. The standard InChI is InChI=1S/C27H29N3O3/c1-20(27(31)28-23-12-13-24-25(18-23)33-19-32-24)29-14-16-30(17-15-29)26(21-8-4-2-5-9-21)22-10-6-3-7-11-22/h2-13,18,20,26H,14-17,19H2,1H3,(H,28,31)/t20-/m1/s1. The van der Waals surface area contributed by atoms with Gasteiger partial charge in [0.15, 0.2) is 11.5 Å². The highest BCUT2D eigenvalue weighted by molar-refractivity contribution is 5.94. The predicted molar refractivity (Wildman–Crippen MR) is 129 cm³/mol. The van der Waals surface area contributed by atoms with Crippen LogP contribution in [0.5, 0.6) is 11.5 Å². The molecule has 0 radical (unpaired) electrons. The molecule has 6 nitrogen and oxygen atoms in total. The summed E-state index contributed by atoms with van der Waals surface area (Å²) in [5.74, 6) is 1.37. The van der Waals surface area contributed by atoms with Gasteiger partial charge in [0.25, 0.3) is 0 Å². The summed E-state index contributed by atoms with van der Waals surface area (Å²) >= 11 is 0. The van der Waals surface area contributed by atoms with Crippen LogP contribution in [-0.4, -0.2) is 54.7 Å². The summed E-state index contributed by atoms with van der Waals surface area (Å²) in [6.45, 7) is 5.67. The summed E-state index contributed by atoms with van der Waals surface area (Å²) in [4.78, 5) is 17.7. The van der Waals surface area contributed by atoms with E-state index in [9.17, 15) is 4.79 Å². The molecule has 0 aromatic heterocycles. The zero-order valence-electron chi connectivity index (χ0n) is 18.8. The first-order valence-corrected chi connectivity index (χ1v) is 11.5. The van der Waals surface area contributed by atoms with E-state index in [1.807, 2.05) is 25.1 Å². The summed E-state index contributed by atoms with van der Waals surface area (Å²) in [7, 11) is 0. The van der Waals surface area contributed by atoms with Crippen LogP contribution in [0.25, 0.3) is 0 Å². The number of carbonyl (C=O) groups excluding carboxylic acids is 1. The molecule has 1 amide bonds. The van der Waals surface area contributed by atoms with Crippen LogP contribution in [0.3, 0.4) is 0 Å². The van der Waals surface area contributed by atoms with Crippen molar-refractivity contribution in [3.05, 3.63) is 90.0 Å². The fourth-order valence-electron chi connectivity index (χ4n) is 4.65. The lowest BCUT2D eigenvalue weighted by Crippen LogP contribution is -2.53. The van der Waals surface area contributed by atoms with Crippen molar-refractivity contribution in [3.63, 3.8) is 0 Å². The predicted octanol–water partition coefficient (Wildman–Crippen LogP) is 4.15. The minimum Gasteiger partial charge on any atom is -0.454 e. The second-order valence-corrected chi connectivity index (χ2v) is 8.53. The average Bonchev–Trinajstić information content (AvgIpc) is 3.33. The minimum atomic E-state index is -0.218. The third-order valence-electron chi connectivity index (χ3n) is 6.51. The molecule has 2 aliphatic heterocycles. The molecule has 6 heteroatoms. The first-order valence-electron chi connectivity index (χ1n) is 11.5. The number of anilines is 1. The third kappa shape index (κ3) is 4.72. The van der Waals surface area contributed by atoms with Gasteiger partial charge in [-0.3, -0.25) is 14.6 Å². The van der Waals surface area contributed by atoms with Crippen LogP contribution in [0.4, 0.5) is 5.69 Å². The van der Waals surface area contributed by atoms with Gasteiger partial charge in [0.1, 0.15) is 0 Å². The third-order valence-corrected chi connectivity index (χ3v) is 6.51. The SMILES string of the molecule is C[C@H](C(=O)Nc1ccc2c(c1)OCO2)N1CCN(C(c2ccccc2)c2ccccc2)CC1. The first kappa shape index (κ1) is 21.5. The van der Waals surface area contributed by atoms with Gasteiger partial charge in [-0.1, -0.05) is 60.7 Å². The highest BCUT2D eigenvalue weighted by Gasteiger charge is 2.30. The maximum absolute atomic E-state index is 12.9. The van der Waals surface area contributed by atoms with Gasteiger partial charge in [-0.2, -0.15) is 0 Å². The molecule has 2 heterocycles. The van der Waals surface area contributed by atoms with E-state index in [2.05, 4.69) is 75.8 Å². The van der Waals surface area contributed by atoms with Crippen molar-refractivity contribution in [1.29, 1.82) is 0 Å². The molecule has 1 atom stereocenters. The molecule has 5 rings (SSSR count). The van der Waals surface area contributed by atoms with Gasteiger partial charge in [-0.25, -0.2) is 0 Å². The van der Waals surface area contributed by atoms with Crippen LogP contribution in [-0.2, 0) is 4.79 Å². The Hall–Kier alpha value is -3.35. The Kier molecular flexibility index (Phi) is 6.28. The molecule has 170 valence electrons. The van der Waals surface area contributed by atoms with Crippen molar-refractivity contribution in [2.45, 2.75) is 19.0 Å². The van der Waals surface area contributed by atoms with Crippen molar-refractivity contribution in [1.82, 2.24) is 9.80 Å². The summed E-state index contributed by atoms with van der Waals surface area (Å²) in [5, 5.41) is 3.02. The molecule has 0 aliphatic carbocycles. The van der Waals surface area contributed by atoms with E-state index in [4.69, 9.17) is 9.47 Å². The largest absolute Gasteiger partial charge is 0.454 e. The highest BCUT2D eigenvalue weighted by atomic mass is 16.7. The fourth-order valence-corrected chi connectivity index (χ4v) is 4.65. The van der Waals surface area contributed by atoms with Crippen LogP contribution in [0.1, 0.15) is 24.1 Å². The summed E-state index contributed by atoms with van der Waals surface area (Å²) in [5.41, 5.74) is 3.32. The van der Waals surface area contributed by atoms with Crippen LogP contribution in [0.15, 0.2) is 78.9 Å². The van der Waals surface area contributed by atoms with Crippen molar-refractivity contribution in [2.75, 3.05) is 38.3 Å². The first-order chi connectivity index (χ1) is 16.2. The Morgan fingerprint density at radius 1 is 0.788 bits per heavy atom. The number of benzene rings is 3. The molecule has 1 saturated heterocycles. The maximum atomic E-state index is 12.9. The topological polar surface area (TPSA) is 54.0 Å². The Labute approximate surface area is 194 Å². The van der Waals surface area contributed by atoms with Gasteiger partial charge in [-0.15, -0.1) is 0 Å². The number of hydrogen-bond donors (Lipinski definition) is 1. The van der Waals surface area contributed by atoms with Crippen molar-refractivity contribution >= 4 is 11.6 Å². The average molecular weight is 444 g/mol. The minimum absolute atomic E-state index is 0.00927. The molecule has 1 fully saturated rings. The zero-order chi connectivity index (χ0) is 22.6. The van der Waals surface area contributed by atoms with Gasteiger partial charge < -0.3 is 14.8 Å². The molecule has 3 aromatic carbocycles. The van der Waals surface area contributed by atoms with Crippen LogP contribution >= 0.6 is 0 Å². The van der Waals surface area contributed by atoms with E-state index < -0.39 is 0 Å². The molecular formula is C27H29N3O3. The molecule has 3 aromatic rings. The molecule has 1 N–H and O–H groups in total. The van der Waals surface area contributed by atoms with Crippen molar-refractivity contribution in [3.8, 4) is 11.5 Å². The van der Waals surface area contributed by atoms with Crippen molar-refractivity contribution < 1.29 is 14.3 Å². The van der Waals surface area contributed by atoms with E-state index in [0.717, 1.165) is 31.9 Å². The van der Waals surface area contributed by atoms with Crippen LogP contribution in [0.2, 0.25) is 0 Å². The molecule has 33 heavy (non-hydrogen) atoms. The number of nitrogens with zero attached hydrogens (tertiary/aromatic N) is 2. The lowest BCUT2D eigenvalue weighted by atomic mass is 9.96. The number of piperazine rings is 1. The quantitative estimate of drug-likeness (QED) is 0.620. The van der Waals surface area contributed by atoms with Crippen LogP contribution < -0.4 is 14.8 Å². The normalized spacial score (nSPS) is 17.2. The number of rotatable bonds is 6. The Morgan fingerprint density at radius 2 is 1.36 bits per heavy atom. The number of nitrogens with one attached hydrogen (secondary N) is 1. The van der Waals surface area contributed by atoms with Gasteiger partial charge in [0.2, 0.25) is 12.7 Å². The lowest BCUT2D eigenvalue weighted by Gasteiger charge is -2.41. The molecule has 0 spiro atoms. The molecular weight excluding hydrogens is 414 g/mol. The number of ether oxygens (including phenoxy) is 2. The van der Waals surface area contributed by atoms with E-state index in [-0.39, 0.29) is 24.8 Å². The van der Waals surface area contributed by atoms with Crippen molar-refractivity contribution in [2.24, 2.45) is 0 Å². The Bertz CT molecular complexity index is 1040. The Balaban J connectivity index is 1.23. The second-order valence-electron chi connectivity index (χ2n) is 8.53. The van der Waals surface area contributed by atoms with E-state index in [0.29, 0.717) is 11.5 Å². The van der Waals surface area contributed by atoms with Gasteiger partial charge >= 0.3 is 0 Å². The molecule has 0 saturated carbocycles. The summed E-state index contributed by atoms with van der Waals surface area (Å²) < 4.78 is 10.8. The number of hydrogen-bond acceptors (Lipinski definition) is 5. The second kappa shape index (κ2) is 9.65. The number of amides is 1. The van der Waals surface area contributed by atoms with Gasteiger partial charge in [0.05, 0.1) is 12.1 Å². The smallest absolute Gasteiger partial charge is 0.241 e. The van der Waals surface area contributed by atoms with E-state index in [1.54, 1.807) is 0 Å². The number of carbonyl (C=O) groups is 1. The summed E-state index contributed by atoms with van der Waals surface area (Å²) in [6.07, 6.45) is 0. The van der Waals surface area contributed by atoms with Crippen LogP contribution in [0, 0.1) is 0 Å². The summed E-state index contributed by atoms with van der Waals surface area (Å²) in [6, 6.07) is 26.8. The van der Waals surface area contributed by atoms with E-state index >= 15 is 0 Å². The monoisotopic (exact) mass is 443 g/mol. The molecule has 0 bridgehead atoms. The maximum Gasteiger partial charge on any atom is 0.241 e. The fraction of sp³-hybridized carbons (Fsp3) is 0.296. The molecule has 0 unspecified atom stereocenters. The lowest BCUT2D eigenvalue weighted by molar-refractivity contribution is -0.121. The van der Waals surface area contributed by atoms with Gasteiger partial charge in [0, 0.05) is 37.9 Å². The zero-order valence-corrected chi connectivity index (χ0v) is 18.8. The van der Waals surface area contributed by atoms with Gasteiger partial charge in [-0.05, 0) is 30.2 Å². The highest BCUT2D eigenvalue weighted by Crippen LogP contribution is 2.34. The Morgan fingerprint density at radius 3 is 2.00 bits per heavy atom. The van der Waals surface area contributed by atoms with E-state index in [1.165, 1.54) is 11.1 Å².